The van der Waals surface area contributed by atoms with Crippen LogP contribution >= 0.6 is 0 Å². The number of nitro benzene ring substituents is 1. The predicted molar refractivity (Wildman–Crippen MR) is 70.9 cm³/mol. The normalized spacial score (nSPS) is 19.4. The molecule has 10 heteroatoms. The van der Waals surface area contributed by atoms with E-state index in [4.69, 9.17) is 4.74 Å². The van der Waals surface area contributed by atoms with Crippen molar-refractivity contribution >= 4 is 15.7 Å². The van der Waals surface area contributed by atoms with E-state index in [1.54, 1.807) is 0 Å². The van der Waals surface area contributed by atoms with E-state index in [1.165, 1.54) is 0 Å². The van der Waals surface area contributed by atoms with Crippen molar-refractivity contribution in [2.24, 2.45) is 0 Å². The smallest absolute Gasteiger partial charge is 0.306 e. The number of sulfonamides is 1. The largest absolute Gasteiger partial charge is 0.374 e. The molecule has 1 aromatic rings. The van der Waals surface area contributed by atoms with E-state index in [0.29, 0.717) is 25.8 Å². The van der Waals surface area contributed by atoms with Crippen molar-refractivity contribution in [3.05, 3.63) is 34.1 Å². The van der Waals surface area contributed by atoms with Crippen molar-refractivity contribution in [2.45, 2.75) is 11.0 Å². The standard InChI is InChI=1S/C11H14FN3O5S/c12-10-2-1-9(5-11(10)15(16)17)21(18,19)14-7-8-6-13-3-4-20-8/h1-2,5,8,13-14H,3-4,6-7H2. The van der Waals surface area contributed by atoms with Gasteiger partial charge >= 0.3 is 5.69 Å². The molecule has 0 bridgehead atoms. The van der Waals surface area contributed by atoms with Crippen molar-refractivity contribution in [1.29, 1.82) is 0 Å². The fraction of sp³-hybridized carbons (Fsp3) is 0.455. The quantitative estimate of drug-likeness (QED) is 0.584. The van der Waals surface area contributed by atoms with Crippen molar-refractivity contribution in [1.82, 2.24) is 10.0 Å². The second-order valence-electron chi connectivity index (χ2n) is 4.42. The summed E-state index contributed by atoms with van der Waals surface area (Å²) < 4.78 is 44.9. The number of halogens is 1. The fourth-order valence-corrected chi connectivity index (χ4v) is 2.92. The molecule has 1 saturated heterocycles. The Balaban J connectivity index is 2.11. The Morgan fingerprint density at radius 2 is 2.29 bits per heavy atom. The first-order valence-corrected chi connectivity index (χ1v) is 7.64. The molecule has 0 spiro atoms. The van der Waals surface area contributed by atoms with Gasteiger partial charge < -0.3 is 10.1 Å². The number of benzene rings is 1. The zero-order chi connectivity index (χ0) is 15.5. The van der Waals surface area contributed by atoms with Gasteiger partial charge in [0.2, 0.25) is 15.8 Å². The highest BCUT2D eigenvalue weighted by atomic mass is 32.2. The van der Waals surface area contributed by atoms with Gasteiger partial charge in [0.15, 0.2) is 0 Å². The third kappa shape index (κ3) is 3.94. The zero-order valence-corrected chi connectivity index (χ0v) is 11.7. The van der Waals surface area contributed by atoms with Crippen LogP contribution in [0.5, 0.6) is 0 Å². The first-order chi connectivity index (χ1) is 9.90. The summed E-state index contributed by atoms with van der Waals surface area (Å²) in [5.41, 5.74) is -0.881. The summed E-state index contributed by atoms with van der Waals surface area (Å²) in [6.45, 7) is 1.72. The van der Waals surface area contributed by atoms with Crippen LogP contribution in [0, 0.1) is 15.9 Å². The molecule has 0 aromatic heterocycles. The second-order valence-corrected chi connectivity index (χ2v) is 6.19. The van der Waals surface area contributed by atoms with Crippen LogP contribution in [0.4, 0.5) is 10.1 Å². The lowest BCUT2D eigenvalue weighted by Crippen LogP contribution is -2.45. The van der Waals surface area contributed by atoms with Crippen LogP contribution in [-0.4, -0.2) is 45.7 Å². The van der Waals surface area contributed by atoms with Crippen LogP contribution in [0.25, 0.3) is 0 Å². The van der Waals surface area contributed by atoms with Crippen LogP contribution in [0.1, 0.15) is 0 Å². The molecule has 116 valence electrons. The highest BCUT2D eigenvalue weighted by Gasteiger charge is 2.23. The summed E-state index contributed by atoms with van der Waals surface area (Å²) in [6.07, 6.45) is -0.316. The molecule has 0 radical (unpaired) electrons. The Kier molecular flexibility index (Phi) is 4.83. The van der Waals surface area contributed by atoms with Gasteiger partial charge in [-0.05, 0) is 12.1 Å². The van der Waals surface area contributed by atoms with Gasteiger partial charge in [-0.1, -0.05) is 0 Å². The molecule has 1 aliphatic heterocycles. The Labute approximate surface area is 120 Å². The first kappa shape index (κ1) is 15.8. The van der Waals surface area contributed by atoms with Crippen LogP contribution < -0.4 is 10.0 Å². The Morgan fingerprint density at radius 1 is 1.52 bits per heavy atom. The number of ether oxygens (including phenoxy) is 1. The third-order valence-corrected chi connectivity index (χ3v) is 4.35. The SMILES string of the molecule is O=[N+]([O-])c1cc(S(=O)(=O)NCC2CNCCO2)ccc1F. The zero-order valence-electron chi connectivity index (χ0n) is 10.9. The molecule has 1 atom stereocenters. The summed E-state index contributed by atoms with van der Waals surface area (Å²) in [5, 5.41) is 13.7. The van der Waals surface area contributed by atoms with Gasteiger partial charge in [0.25, 0.3) is 0 Å². The molecule has 1 fully saturated rings. The number of rotatable bonds is 5. The molecule has 0 saturated carbocycles. The van der Waals surface area contributed by atoms with Crippen molar-refractivity contribution in [3.63, 3.8) is 0 Å². The summed E-state index contributed by atoms with van der Waals surface area (Å²) in [7, 11) is -3.96. The lowest BCUT2D eigenvalue weighted by atomic mass is 10.3. The van der Waals surface area contributed by atoms with E-state index in [1.807, 2.05) is 0 Å². The van der Waals surface area contributed by atoms with Gasteiger partial charge in [-0.2, -0.15) is 4.39 Å². The van der Waals surface area contributed by atoms with E-state index in [2.05, 4.69) is 10.0 Å². The number of morpholine rings is 1. The molecule has 1 unspecified atom stereocenters. The predicted octanol–water partition coefficient (Wildman–Crippen LogP) is 0.000600. The van der Waals surface area contributed by atoms with Crippen molar-refractivity contribution in [3.8, 4) is 0 Å². The topological polar surface area (TPSA) is 111 Å². The van der Waals surface area contributed by atoms with E-state index < -0.39 is 26.5 Å². The van der Waals surface area contributed by atoms with Crippen molar-refractivity contribution < 1.29 is 22.5 Å². The minimum Gasteiger partial charge on any atom is -0.374 e. The van der Waals surface area contributed by atoms with Crippen LogP contribution in [0.15, 0.2) is 23.1 Å². The Morgan fingerprint density at radius 3 is 2.90 bits per heavy atom. The molecule has 2 rings (SSSR count). The van der Waals surface area contributed by atoms with E-state index in [0.717, 1.165) is 12.1 Å². The van der Waals surface area contributed by atoms with E-state index >= 15 is 0 Å². The average molecular weight is 319 g/mol. The molecule has 0 amide bonds. The first-order valence-electron chi connectivity index (χ1n) is 6.16. The van der Waals surface area contributed by atoms with Gasteiger partial charge in [0.1, 0.15) is 0 Å². The molecule has 0 aliphatic carbocycles. The highest BCUT2D eigenvalue weighted by Crippen LogP contribution is 2.21. The van der Waals surface area contributed by atoms with Crippen LogP contribution in [-0.2, 0) is 14.8 Å². The van der Waals surface area contributed by atoms with Crippen molar-refractivity contribution in [2.75, 3.05) is 26.2 Å². The molecular formula is C11H14FN3O5S. The molecule has 8 nitrogen and oxygen atoms in total. The maximum absolute atomic E-state index is 13.2. The average Bonchev–Trinajstić information content (AvgIpc) is 2.46. The molecule has 2 N–H and O–H groups in total. The monoisotopic (exact) mass is 319 g/mol. The number of nitrogens with one attached hydrogen (secondary N) is 2. The molecule has 1 aliphatic rings. The lowest BCUT2D eigenvalue weighted by Gasteiger charge is -2.23. The maximum Gasteiger partial charge on any atom is 0.306 e. The summed E-state index contributed by atoms with van der Waals surface area (Å²) in [4.78, 5) is 9.30. The Bertz CT molecular complexity index is 631. The second kappa shape index (κ2) is 6.43. The Hall–Kier alpha value is -1.62. The van der Waals surface area contributed by atoms with E-state index in [9.17, 15) is 22.9 Å². The lowest BCUT2D eigenvalue weighted by molar-refractivity contribution is -0.387. The number of hydrogen-bond donors (Lipinski definition) is 2. The van der Waals surface area contributed by atoms with Gasteiger partial charge in [-0.3, -0.25) is 10.1 Å². The van der Waals surface area contributed by atoms with Crippen LogP contribution in [0.3, 0.4) is 0 Å². The van der Waals surface area contributed by atoms with Crippen LogP contribution in [0.2, 0.25) is 0 Å². The van der Waals surface area contributed by atoms with Gasteiger partial charge in [0.05, 0.1) is 22.5 Å². The summed E-state index contributed by atoms with van der Waals surface area (Å²) in [6, 6.07) is 2.42. The third-order valence-electron chi connectivity index (χ3n) is 2.93. The summed E-state index contributed by atoms with van der Waals surface area (Å²) >= 11 is 0. The number of nitro groups is 1. The maximum atomic E-state index is 13.2. The fourth-order valence-electron chi connectivity index (χ4n) is 1.84. The number of nitrogens with zero attached hydrogens (tertiary/aromatic N) is 1. The molecule has 1 aromatic carbocycles. The molecular weight excluding hydrogens is 305 g/mol. The van der Waals surface area contributed by atoms with E-state index in [-0.39, 0.29) is 17.5 Å². The summed E-state index contributed by atoms with van der Waals surface area (Å²) in [5.74, 6) is -1.08. The van der Waals surface area contributed by atoms with Gasteiger partial charge in [-0.25, -0.2) is 13.1 Å². The van der Waals surface area contributed by atoms with Gasteiger partial charge in [-0.15, -0.1) is 0 Å². The minimum absolute atomic E-state index is 0.0283. The number of hydrogen-bond acceptors (Lipinski definition) is 6. The van der Waals surface area contributed by atoms with Gasteiger partial charge in [0, 0.05) is 25.7 Å². The highest BCUT2D eigenvalue weighted by molar-refractivity contribution is 7.89. The minimum atomic E-state index is -3.96. The molecule has 21 heavy (non-hydrogen) atoms. The molecule has 1 heterocycles.